The Balaban J connectivity index is 1.51. The molecule has 1 saturated heterocycles. The highest BCUT2D eigenvalue weighted by atomic mass is 35.5. The molecule has 2 rings (SSSR count). The first-order valence-electron chi connectivity index (χ1n) is 7.87. The highest BCUT2D eigenvalue weighted by molar-refractivity contribution is 6.17. The molecule has 1 N–H and O–H groups in total. The number of halogens is 1. The third-order valence-electron chi connectivity index (χ3n) is 4.34. The highest BCUT2D eigenvalue weighted by Gasteiger charge is 2.40. The minimum absolute atomic E-state index is 0.258. The first-order valence-corrected chi connectivity index (χ1v) is 8.40. The van der Waals surface area contributed by atoms with Crippen LogP contribution in [0, 0.1) is 0 Å². The summed E-state index contributed by atoms with van der Waals surface area (Å²) in [6.45, 7) is 3.47. The van der Waals surface area contributed by atoms with Crippen molar-refractivity contribution in [3.63, 3.8) is 0 Å². The van der Waals surface area contributed by atoms with E-state index < -0.39 is 0 Å². The smallest absolute Gasteiger partial charge is 0.0708 e. The lowest BCUT2D eigenvalue weighted by atomic mass is 9.83. The lowest BCUT2D eigenvalue weighted by Crippen LogP contribution is -2.35. The monoisotopic (exact) mass is 289 g/mol. The largest absolute Gasteiger partial charge is 0.380 e. The van der Waals surface area contributed by atoms with Crippen LogP contribution in [0.15, 0.2) is 0 Å². The molecule has 1 heterocycles. The van der Waals surface area contributed by atoms with E-state index in [1.807, 2.05) is 0 Å². The highest BCUT2D eigenvalue weighted by Crippen LogP contribution is 2.41. The number of hydrogen-bond donors (Lipinski definition) is 1. The Morgan fingerprint density at radius 2 is 2.00 bits per heavy atom. The summed E-state index contributed by atoms with van der Waals surface area (Å²) in [5, 5.41) is 3.49. The standard InChI is InChI=1S/C15H28ClNO2/c16-9-12-18-11-4-10-17-13-14-5-8-15(19-14)6-2-1-3-7-15/h14,17H,1-13H2. The zero-order valence-electron chi connectivity index (χ0n) is 12.0. The molecule has 3 nitrogen and oxygen atoms in total. The van der Waals surface area contributed by atoms with Gasteiger partial charge in [0.25, 0.3) is 0 Å². The average Bonchev–Trinajstić information content (AvgIpc) is 2.81. The molecular weight excluding hydrogens is 262 g/mol. The summed E-state index contributed by atoms with van der Waals surface area (Å²) in [6, 6.07) is 0. The van der Waals surface area contributed by atoms with Gasteiger partial charge in [-0.05, 0) is 38.6 Å². The normalized spacial score (nSPS) is 26.1. The average molecular weight is 290 g/mol. The number of rotatable bonds is 8. The fourth-order valence-electron chi connectivity index (χ4n) is 3.32. The van der Waals surface area contributed by atoms with Crippen LogP contribution in [0.25, 0.3) is 0 Å². The van der Waals surface area contributed by atoms with Crippen LogP contribution in [0.1, 0.15) is 51.4 Å². The van der Waals surface area contributed by atoms with Crippen LogP contribution in [0.4, 0.5) is 0 Å². The van der Waals surface area contributed by atoms with Crippen LogP contribution in [0.5, 0.6) is 0 Å². The van der Waals surface area contributed by atoms with Crippen LogP contribution in [-0.2, 0) is 9.47 Å². The van der Waals surface area contributed by atoms with Crippen molar-refractivity contribution < 1.29 is 9.47 Å². The summed E-state index contributed by atoms with van der Waals surface area (Å²) in [4.78, 5) is 0. The van der Waals surface area contributed by atoms with Crippen LogP contribution < -0.4 is 5.32 Å². The molecule has 1 saturated carbocycles. The first kappa shape index (κ1) is 15.6. The van der Waals surface area contributed by atoms with Crippen molar-refractivity contribution in [2.45, 2.75) is 63.1 Å². The van der Waals surface area contributed by atoms with Gasteiger partial charge in [0.05, 0.1) is 18.3 Å². The molecule has 0 radical (unpaired) electrons. The Morgan fingerprint density at radius 3 is 2.79 bits per heavy atom. The molecule has 19 heavy (non-hydrogen) atoms. The molecule has 0 aromatic carbocycles. The van der Waals surface area contributed by atoms with E-state index in [9.17, 15) is 0 Å². The maximum Gasteiger partial charge on any atom is 0.0708 e. The summed E-state index contributed by atoms with van der Waals surface area (Å²) < 4.78 is 11.7. The predicted octanol–water partition coefficient (Wildman–Crippen LogP) is 3.10. The van der Waals surface area contributed by atoms with Gasteiger partial charge in [-0.15, -0.1) is 11.6 Å². The van der Waals surface area contributed by atoms with E-state index in [1.165, 1.54) is 44.9 Å². The summed E-state index contributed by atoms with van der Waals surface area (Å²) in [5.74, 6) is 0.589. The minimum atomic E-state index is 0.258. The molecule has 1 aliphatic heterocycles. The van der Waals surface area contributed by atoms with Crippen LogP contribution in [-0.4, -0.2) is 43.9 Å². The Kier molecular flexibility index (Phi) is 6.92. The number of nitrogens with one attached hydrogen (secondary N) is 1. The molecule has 0 bridgehead atoms. The lowest BCUT2D eigenvalue weighted by Gasteiger charge is -2.33. The fraction of sp³-hybridized carbons (Fsp3) is 1.00. The van der Waals surface area contributed by atoms with Crippen LogP contribution in [0.3, 0.4) is 0 Å². The number of ether oxygens (including phenoxy) is 2. The van der Waals surface area contributed by atoms with Gasteiger partial charge in [0.1, 0.15) is 0 Å². The van der Waals surface area contributed by atoms with Gasteiger partial charge in [-0.2, -0.15) is 0 Å². The van der Waals surface area contributed by atoms with Gasteiger partial charge in [-0.25, -0.2) is 0 Å². The maximum atomic E-state index is 6.32. The van der Waals surface area contributed by atoms with Crippen molar-refractivity contribution in [1.82, 2.24) is 5.32 Å². The summed E-state index contributed by atoms with van der Waals surface area (Å²) in [6.07, 6.45) is 10.7. The van der Waals surface area contributed by atoms with Crippen molar-refractivity contribution in [1.29, 1.82) is 0 Å². The van der Waals surface area contributed by atoms with E-state index >= 15 is 0 Å². The van der Waals surface area contributed by atoms with Crippen LogP contribution in [0.2, 0.25) is 0 Å². The molecule has 1 aliphatic carbocycles. The van der Waals surface area contributed by atoms with Gasteiger partial charge in [-0.3, -0.25) is 0 Å². The van der Waals surface area contributed by atoms with E-state index in [0.717, 1.165) is 26.1 Å². The number of alkyl halides is 1. The van der Waals surface area contributed by atoms with Gasteiger partial charge >= 0.3 is 0 Å². The zero-order valence-corrected chi connectivity index (χ0v) is 12.7. The molecule has 2 aliphatic rings. The van der Waals surface area contributed by atoms with E-state index in [-0.39, 0.29) is 5.60 Å². The van der Waals surface area contributed by atoms with Crippen molar-refractivity contribution in [3.8, 4) is 0 Å². The second kappa shape index (κ2) is 8.46. The van der Waals surface area contributed by atoms with E-state index in [4.69, 9.17) is 21.1 Å². The molecule has 0 aromatic heterocycles. The Bertz CT molecular complexity index is 244. The van der Waals surface area contributed by atoms with Crippen molar-refractivity contribution in [3.05, 3.63) is 0 Å². The Hall–Kier alpha value is 0.170. The SMILES string of the molecule is ClCCOCCCNCC1CCC2(CCCCC2)O1. The van der Waals surface area contributed by atoms with Gasteiger partial charge in [-0.1, -0.05) is 19.3 Å². The topological polar surface area (TPSA) is 30.5 Å². The lowest BCUT2D eigenvalue weighted by molar-refractivity contribution is -0.0623. The molecule has 0 aromatic rings. The van der Waals surface area contributed by atoms with Gasteiger partial charge in [0, 0.05) is 19.0 Å². The molecule has 1 spiro atoms. The third kappa shape index (κ3) is 5.22. The van der Waals surface area contributed by atoms with Gasteiger partial charge < -0.3 is 14.8 Å². The fourth-order valence-corrected chi connectivity index (χ4v) is 3.43. The van der Waals surface area contributed by atoms with Gasteiger partial charge in [0.2, 0.25) is 0 Å². The zero-order chi connectivity index (χ0) is 13.4. The van der Waals surface area contributed by atoms with E-state index in [2.05, 4.69) is 5.32 Å². The molecule has 1 atom stereocenters. The van der Waals surface area contributed by atoms with Gasteiger partial charge in [0.15, 0.2) is 0 Å². The third-order valence-corrected chi connectivity index (χ3v) is 4.49. The van der Waals surface area contributed by atoms with Crippen LogP contribution >= 0.6 is 11.6 Å². The summed E-state index contributed by atoms with van der Waals surface area (Å²) in [7, 11) is 0. The molecule has 2 fully saturated rings. The Labute approximate surface area is 122 Å². The minimum Gasteiger partial charge on any atom is -0.380 e. The Morgan fingerprint density at radius 1 is 1.16 bits per heavy atom. The molecule has 1 unspecified atom stereocenters. The molecular formula is C15H28ClNO2. The maximum absolute atomic E-state index is 6.32. The summed E-state index contributed by atoms with van der Waals surface area (Å²) >= 11 is 5.54. The second-order valence-electron chi connectivity index (χ2n) is 5.88. The molecule has 112 valence electrons. The quantitative estimate of drug-likeness (QED) is 0.550. The molecule has 0 amide bonds. The van der Waals surface area contributed by atoms with Crippen molar-refractivity contribution in [2.24, 2.45) is 0 Å². The van der Waals surface area contributed by atoms with Crippen molar-refractivity contribution in [2.75, 3.05) is 32.2 Å². The summed E-state index contributed by atoms with van der Waals surface area (Å²) in [5.41, 5.74) is 0.258. The van der Waals surface area contributed by atoms with Crippen molar-refractivity contribution >= 4 is 11.6 Å². The predicted molar refractivity (Wildman–Crippen MR) is 78.9 cm³/mol. The number of hydrogen-bond acceptors (Lipinski definition) is 3. The van der Waals surface area contributed by atoms with E-state index in [1.54, 1.807) is 0 Å². The first-order chi connectivity index (χ1) is 9.35. The second-order valence-corrected chi connectivity index (χ2v) is 6.26. The molecule has 4 heteroatoms. The van der Waals surface area contributed by atoms with E-state index in [0.29, 0.717) is 18.6 Å².